The molecule has 31 heavy (non-hydrogen) atoms. The summed E-state index contributed by atoms with van der Waals surface area (Å²) in [6.45, 7) is 9.79. The van der Waals surface area contributed by atoms with E-state index in [4.69, 9.17) is 4.74 Å². The molecule has 3 nitrogen and oxygen atoms in total. The fourth-order valence-electron chi connectivity index (χ4n) is 1.96. The molecule has 0 saturated carbocycles. The molecule has 0 bridgehead atoms. The number of hydrogen-bond acceptors (Lipinski definition) is 3. The summed E-state index contributed by atoms with van der Waals surface area (Å²) >= 11 is 0. The van der Waals surface area contributed by atoms with Crippen molar-refractivity contribution in [2.24, 2.45) is 0 Å². The molecule has 0 saturated heterocycles. The Hall–Kier alpha value is -1.00. The van der Waals surface area contributed by atoms with Crippen molar-refractivity contribution in [3.63, 3.8) is 0 Å². The molecule has 0 unspecified atom stereocenters. The SMILES string of the molecule is CC(=O)c1ccc(F)cc1F.CC(C)(O)c1ccc(F)cc1F.CCOCC.[Br-].[CH3-].[Mg+2]. The Morgan fingerprint density at radius 2 is 1.35 bits per heavy atom. The third kappa shape index (κ3) is 15.4. The monoisotopic (exact) mass is 520 g/mol. The van der Waals surface area contributed by atoms with E-state index in [0.29, 0.717) is 6.07 Å². The third-order valence-electron chi connectivity index (χ3n) is 3.31. The standard InChI is InChI=1S/C9H10F2O.C8H6F2O.C4H10O.CH3.BrH.Mg/c1-9(2,12)7-4-3-6(10)5-8(7)11;1-5(11)7-3-2-6(9)4-8(7)10;1-3-5-4-2;;;/h3-5,12H,1-2H3;2-4H,1H3;3-4H2,1-2H3;1H3;1H;/q;;;-1;;+2/p-1. The molecule has 2 aromatic rings. The average molecular weight is 522 g/mol. The summed E-state index contributed by atoms with van der Waals surface area (Å²) < 4.78 is 55.1. The molecule has 0 amide bonds. The summed E-state index contributed by atoms with van der Waals surface area (Å²) in [5.74, 6) is -3.24. The van der Waals surface area contributed by atoms with Crippen molar-refractivity contribution < 1.29 is 49.2 Å². The van der Waals surface area contributed by atoms with Crippen LogP contribution in [0.1, 0.15) is 50.5 Å². The van der Waals surface area contributed by atoms with Crippen molar-refractivity contribution in [1.82, 2.24) is 0 Å². The van der Waals surface area contributed by atoms with E-state index >= 15 is 0 Å². The molecule has 2 aromatic carbocycles. The van der Waals surface area contributed by atoms with Crippen LogP contribution in [0.3, 0.4) is 0 Å². The van der Waals surface area contributed by atoms with Crippen LogP contribution in [0.4, 0.5) is 17.6 Å². The van der Waals surface area contributed by atoms with Crippen molar-refractivity contribution >= 4 is 28.8 Å². The Labute approximate surface area is 209 Å². The van der Waals surface area contributed by atoms with Gasteiger partial charge in [0.25, 0.3) is 0 Å². The Kier molecular flexibility index (Phi) is 22.3. The summed E-state index contributed by atoms with van der Waals surface area (Å²) in [5, 5.41) is 9.40. The number of carbonyl (C=O) groups excluding carboxylic acids is 1. The van der Waals surface area contributed by atoms with Crippen LogP contribution in [-0.2, 0) is 10.3 Å². The average Bonchev–Trinajstić information content (AvgIpc) is 2.55. The minimum absolute atomic E-state index is 0. The molecule has 0 radical (unpaired) electrons. The van der Waals surface area contributed by atoms with E-state index < -0.39 is 34.7 Å². The van der Waals surface area contributed by atoms with E-state index in [1.807, 2.05) is 13.8 Å². The second kappa shape index (κ2) is 18.6. The summed E-state index contributed by atoms with van der Waals surface area (Å²) in [7, 11) is 0. The second-order valence-corrected chi connectivity index (χ2v) is 6.15. The topological polar surface area (TPSA) is 46.5 Å². The number of halogens is 5. The minimum Gasteiger partial charge on any atom is -1.00 e. The van der Waals surface area contributed by atoms with Gasteiger partial charge < -0.3 is 34.3 Å². The van der Waals surface area contributed by atoms with Crippen LogP contribution in [0.25, 0.3) is 0 Å². The van der Waals surface area contributed by atoms with Crippen LogP contribution in [-0.4, -0.2) is 47.2 Å². The maximum Gasteiger partial charge on any atom is 2.00 e. The van der Waals surface area contributed by atoms with Crippen molar-refractivity contribution in [2.45, 2.75) is 40.2 Å². The first-order chi connectivity index (χ1) is 12.9. The van der Waals surface area contributed by atoms with Crippen LogP contribution in [0.5, 0.6) is 0 Å². The molecule has 2 rings (SSSR count). The number of Topliss-reactive ketones (excluding diaryl/α,β-unsaturated/α-hetero) is 1. The molecule has 0 aliphatic rings. The van der Waals surface area contributed by atoms with Gasteiger partial charge in [0.05, 0.1) is 11.2 Å². The number of ketones is 1. The number of benzene rings is 2. The van der Waals surface area contributed by atoms with Gasteiger partial charge in [-0.2, -0.15) is 0 Å². The molecule has 1 N–H and O–H groups in total. The van der Waals surface area contributed by atoms with Crippen molar-refractivity contribution in [3.8, 4) is 0 Å². The first-order valence-electron chi connectivity index (χ1n) is 8.65. The molecule has 9 heteroatoms. The molecule has 0 spiro atoms. The molecule has 0 atom stereocenters. The number of ether oxygens (including phenoxy) is 1. The van der Waals surface area contributed by atoms with Crippen molar-refractivity contribution in [3.05, 3.63) is 78.2 Å². The zero-order valence-electron chi connectivity index (χ0n) is 18.7. The van der Waals surface area contributed by atoms with E-state index in [9.17, 15) is 27.5 Å². The van der Waals surface area contributed by atoms with Gasteiger partial charge in [-0.15, -0.1) is 0 Å². The summed E-state index contributed by atoms with van der Waals surface area (Å²) in [6, 6.07) is 6.00. The van der Waals surface area contributed by atoms with Gasteiger partial charge in [0, 0.05) is 30.9 Å². The first kappa shape index (κ1) is 37.3. The predicted molar refractivity (Wildman–Crippen MR) is 112 cm³/mol. The Bertz CT molecular complexity index is 767. The van der Waals surface area contributed by atoms with Crippen LogP contribution in [0.15, 0.2) is 36.4 Å². The Balaban J connectivity index is -0.000000180. The zero-order chi connectivity index (χ0) is 21.9. The van der Waals surface area contributed by atoms with E-state index in [1.54, 1.807) is 0 Å². The molecule has 0 aromatic heterocycles. The third-order valence-corrected chi connectivity index (χ3v) is 3.31. The number of carbonyl (C=O) groups is 1. The molecular weight excluding hydrogens is 492 g/mol. The van der Waals surface area contributed by atoms with Crippen LogP contribution < -0.4 is 17.0 Å². The van der Waals surface area contributed by atoms with Gasteiger partial charge in [-0.3, -0.25) is 4.79 Å². The minimum atomic E-state index is -1.27. The normalized spacial score (nSPS) is 9.35. The maximum atomic E-state index is 12.9. The maximum absolute atomic E-state index is 12.9. The fraction of sp³-hybridized carbons (Fsp3) is 0.364. The van der Waals surface area contributed by atoms with Gasteiger partial charge in [-0.05, 0) is 52.8 Å². The van der Waals surface area contributed by atoms with E-state index in [-0.39, 0.29) is 58.6 Å². The van der Waals surface area contributed by atoms with Gasteiger partial charge in [0.1, 0.15) is 23.3 Å². The predicted octanol–water partition coefficient (Wildman–Crippen LogP) is 2.48. The molecule has 172 valence electrons. The Morgan fingerprint density at radius 3 is 1.65 bits per heavy atom. The van der Waals surface area contributed by atoms with Crippen LogP contribution >= 0.6 is 0 Å². The van der Waals surface area contributed by atoms with E-state index in [1.165, 1.54) is 26.8 Å². The summed E-state index contributed by atoms with van der Waals surface area (Å²) in [5.41, 5.74) is -1.24. The molecule has 0 aliphatic heterocycles. The summed E-state index contributed by atoms with van der Waals surface area (Å²) in [4.78, 5) is 10.6. The number of hydrogen-bond donors (Lipinski definition) is 1. The number of aliphatic hydroxyl groups is 1. The smallest absolute Gasteiger partial charge is 1.00 e. The van der Waals surface area contributed by atoms with Gasteiger partial charge in [-0.1, -0.05) is 6.07 Å². The van der Waals surface area contributed by atoms with E-state index in [2.05, 4.69) is 0 Å². The fourth-order valence-corrected chi connectivity index (χ4v) is 1.96. The van der Waals surface area contributed by atoms with E-state index in [0.717, 1.165) is 37.5 Å². The van der Waals surface area contributed by atoms with Crippen LogP contribution in [0, 0.1) is 30.7 Å². The van der Waals surface area contributed by atoms with Gasteiger partial charge >= 0.3 is 23.1 Å². The molecular formula is C22H29BrF4MgO3. The van der Waals surface area contributed by atoms with Gasteiger partial charge in [0.2, 0.25) is 0 Å². The van der Waals surface area contributed by atoms with Crippen molar-refractivity contribution in [2.75, 3.05) is 13.2 Å². The zero-order valence-corrected chi connectivity index (χ0v) is 21.7. The first-order valence-corrected chi connectivity index (χ1v) is 8.65. The molecule has 0 fully saturated rings. The summed E-state index contributed by atoms with van der Waals surface area (Å²) in [6.07, 6.45) is 0. The van der Waals surface area contributed by atoms with Crippen LogP contribution in [0.2, 0.25) is 0 Å². The molecule has 0 heterocycles. The van der Waals surface area contributed by atoms with Gasteiger partial charge in [0.15, 0.2) is 5.78 Å². The van der Waals surface area contributed by atoms with Gasteiger partial charge in [-0.25, -0.2) is 17.6 Å². The molecule has 0 aliphatic carbocycles. The second-order valence-electron chi connectivity index (χ2n) is 6.15. The number of rotatable bonds is 4. The largest absolute Gasteiger partial charge is 2.00 e. The van der Waals surface area contributed by atoms with Crippen molar-refractivity contribution in [1.29, 1.82) is 0 Å². The Morgan fingerprint density at radius 1 is 0.935 bits per heavy atom. The quantitative estimate of drug-likeness (QED) is 0.291.